The highest BCUT2D eigenvalue weighted by Gasteiger charge is 1.55. The molecule has 0 unspecified atom stereocenters. The molecule has 0 aliphatic heterocycles. The number of hydrogen-bond donors (Lipinski definition) is 0. The van der Waals surface area contributed by atoms with Crippen LogP contribution < -0.4 is 0 Å². The molecular weight excluding hydrogens is 92.1 g/mol. The van der Waals surface area contributed by atoms with E-state index < -0.39 is 0 Å². The predicted molar refractivity (Wildman–Crippen MR) is 31.5 cm³/mol. The molecule has 0 aromatic carbocycles. The lowest BCUT2D eigenvalue weighted by Gasteiger charge is -1.66. The first kappa shape index (κ1) is 5.61. The molecule has 0 amide bonds. The van der Waals surface area contributed by atoms with Crippen molar-refractivity contribution >= 4 is 11.8 Å². The molecule has 0 bridgehead atoms. The SMILES string of the molecule is C=C=CSC=C. The van der Waals surface area contributed by atoms with Crippen LogP contribution in [0.15, 0.2) is 29.7 Å². The molecule has 0 aliphatic carbocycles. The lowest BCUT2D eigenvalue weighted by molar-refractivity contribution is 2.43. The third-order valence-electron chi connectivity index (χ3n) is 0.248. The van der Waals surface area contributed by atoms with Gasteiger partial charge >= 0.3 is 0 Å². The van der Waals surface area contributed by atoms with Crippen molar-refractivity contribution in [2.24, 2.45) is 0 Å². The highest BCUT2D eigenvalue weighted by molar-refractivity contribution is 8.04. The summed E-state index contributed by atoms with van der Waals surface area (Å²) in [5.41, 5.74) is 2.59. The summed E-state index contributed by atoms with van der Waals surface area (Å²) in [6, 6.07) is 0. The molecule has 32 valence electrons. The van der Waals surface area contributed by atoms with Crippen LogP contribution in [0.3, 0.4) is 0 Å². The normalized spacial score (nSPS) is 6.00. The predicted octanol–water partition coefficient (Wildman–Crippen LogP) is 2.16. The van der Waals surface area contributed by atoms with Crippen LogP contribution in [0, 0.1) is 0 Å². The monoisotopic (exact) mass is 98.0 g/mol. The van der Waals surface area contributed by atoms with Gasteiger partial charge in [0.05, 0.1) is 0 Å². The summed E-state index contributed by atoms with van der Waals surface area (Å²) in [7, 11) is 0. The van der Waals surface area contributed by atoms with Crippen LogP contribution in [0.5, 0.6) is 0 Å². The van der Waals surface area contributed by atoms with E-state index in [4.69, 9.17) is 0 Å². The molecule has 0 aromatic rings. The van der Waals surface area contributed by atoms with E-state index in [9.17, 15) is 0 Å². The van der Waals surface area contributed by atoms with E-state index in [0.29, 0.717) is 0 Å². The Bertz CT molecular complexity index is 77.9. The van der Waals surface area contributed by atoms with Gasteiger partial charge in [-0.25, -0.2) is 0 Å². The second kappa shape index (κ2) is 4.61. The van der Waals surface area contributed by atoms with Crippen molar-refractivity contribution in [2.75, 3.05) is 0 Å². The first-order valence-corrected chi connectivity index (χ1v) is 2.46. The Morgan fingerprint density at radius 2 is 2.33 bits per heavy atom. The first-order chi connectivity index (χ1) is 2.91. The zero-order valence-corrected chi connectivity index (χ0v) is 4.29. The fraction of sp³-hybridized carbons (Fsp3) is 0. The Morgan fingerprint density at radius 3 is 2.50 bits per heavy atom. The van der Waals surface area contributed by atoms with Crippen LogP contribution in [0.4, 0.5) is 0 Å². The topological polar surface area (TPSA) is 0 Å². The number of rotatable bonds is 2. The van der Waals surface area contributed by atoms with E-state index in [1.807, 2.05) is 0 Å². The molecule has 0 radical (unpaired) electrons. The van der Waals surface area contributed by atoms with Crippen molar-refractivity contribution in [3.63, 3.8) is 0 Å². The Labute approximate surface area is 42.3 Å². The molecule has 0 aromatic heterocycles. The standard InChI is InChI=1S/C5H6S/c1-3-5-6-4-2/h4-5H,1-2H2. The van der Waals surface area contributed by atoms with Crippen LogP contribution in [0.1, 0.15) is 0 Å². The first-order valence-electron chi connectivity index (χ1n) is 1.52. The van der Waals surface area contributed by atoms with Gasteiger partial charge in [-0.05, 0) is 5.41 Å². The van der Waals surface area contributed by atoms with Gasteiger partial charge in [-0.15, -0.1) is 5.73 Å². The second-order valence-corrected chi connectivity index (χ2v) is 1.47. The number of hydrogen-bond acceptors (Lipinski definition) is 1. The summed E-state index contributed by atoms with van der Waals surface area (Å²) in [5, 5.41) is 3.46. The summed E-state index contributed by atoms with van der Waals surface area (Å²) < 4.78 is 0. The van der Waals surface area contributed by atoms with E-state index in [0.717, 1.165) is 0 Å². The minimum Gasteiger partial charge on any atom is -0.121 e. The van der Waals surface area contributed by atoms with E-state index in [-0.39, 0.29) is 0 Å². The average Bonchev–Trinajstić information content (AvgIpc) is 1.61. The van der Waals surface area contributed by atoms with Crippen LogP contribution in [0.2, 0.25) is 0 Å². The largest absolute Gasteiger partial charge is 0.121 e. The van der Waals surface area contributed by atoms with Crippen LogP contribution in [-0.4, -0.2) is 0 Å². The fourth-order valence-corrected chi connectivity index (χ4v) is 0.289. The second-order valence-electron chi connectivity index (χ2n) is 0.625. The molecule has 0 spiro atoms. The van der Waals surface area contributed by atoms with E-state index in [1.54, 1.807) is 10.8 Å². The Morgan fingerprint density at radius 1 is 1.67 bits per heavy atom. The summed E-state index contributed by atoms with van der Waals surface area (Å²) >= 11 is 1.47. The molecule has 0 fully saturated rings. The number of thioether (sulfide) groups is 1. The van der Waals surface area contributed by atoms with Gasteiger partial charge in [-0.1, -0.05) is 24.9 Å². The molecule has 0 atom stereocenters. The van der Waals surface area contributed by atoms with Crippen LogP contribution in [0.25, 0.3) is 0 Å². The van der Waals surface area contributed by atoms with Gasteiger partial charge in [-0.2, -0.15) is 0 Å². The van der Waals surface area contributed by atoms with E-state index in [1.165, 1.54) is 11.8 Å². The fourth-order valence-electron chi connectivity index (χ4n) is 0.0962. The zero-order chi connectivity index (χ0) is 4.83. The summed E-state index contributed by atoms with van der Waals surface area (Å²) in [6.45, 7) is 6.81. The maximum absolute atomic E-state index is 3.46. The van der Waals surface area contributed by atoms with Gasteiger partial charge in [0.25, 0.3) is 0 Å². The molecule has 0 heterocycles. The van der Waals surface area contributed by atoms with Crippen molar-refractivity contribution in [1.29, 1.82) is 0 Å². The van der Waals surface area contributed by atoms with E-state index in [2.05, 4.69) is 18.9 Å². The van der Waals surface area contributed by atoms with Gasteiger partial charge < -0.3 is 0 Å². The zero-order valence-electron chi connectivity index (χ0n) is 3.48. The molecule has 0 saturated carbocycles. The van der Waals surface area contributed by atoms with E-state index >= 15 is 0 Å². The third kappa shape index (κ3) is 3.61. The van der Waals surface area contributed by atoms with Gasteiger partial charge in [0, 0.05) is 5.41 Å². The maximum atomic E-state index is 3.46. The highest BCUT2D eigenvalue weighted by Crippen LogP contribution is 1.97. The Balaban J connectivity index is 3.07. The van der Waals surface area contributed by atoms with Gasteiger partial charge in [0.2, 0.25) is 0 Å². The Hall–Kier alpha value is -0.390. The maximum Gasteiger partial charge on any atom is 0.0166 e. The van der Waals surface area contributed by atoms with Crippen molar-refractivity contribution in [3.8, 4) is 0 Å². The smallest absolute Gasteiger partial charge is 0.0166 e. The minimum absolute atomic E-state index is 1.47. The lowest BCUT2D eigenvalue weighted by Crippen LogP contribution is -1.28. The molecule has 1 heteroatoms. The molecule has 0 aliphatic rings. The summed E-state index contributed by atoms with van der Waals surface area (Å²) in [5.74, 6) is 0. The summed E-state index contributed by atoms with van der Waals surface area (Å²) in [4.78, 5) is 0. The molecule has 0 N–H and O–H groups in total. The molecule has 0 saturated heterocycles. The molecule has 0 nitrogen and oxygen atoms in total. The lowest BCUT2D eigenvalue weighted by atomic mass is 11.0. The van der Waals surface area contributed by atoms with Gasteiger partial charge in [0.1, 0.15) is 0 Å². The van der Waals surface area contributed by atoms with Crippen molar-refractivity contribution in [3.05, 3.63) is 29.7 Å². The summed E-state index contributed by atoms with van der Waals surface area (Å²) in [6.07, 6.45) is 0. The molecular formula is C5H6S. The highest BCUT2D eigenvalue weighted by atomic mass is 32.2. The third-order valence-corrected chi connectivity index (χ3v) is 0.743. The van der Waals surface area contributed by atoms with Crippen LogP contribution >= 0.6 is 11.8 Å². The van der Waals surface area contributed by atoms with Crippen LogP contribution in [-0.2, 0) is 0 Å². The van der Waals surface area contributed by atoms with Gasteiger partial charge in [-0.3, -0.25) is 0 Å². The Kier molecular flexibility index (Phi) is 4.31. The van der Waals surface area contributed by atoms with Crippen molar-refractivity contribution in [1.82, 2.24) is 0 Å². The van der Waals surface area contributed by atoms with Gasteiger partial charge in [0.15, 0.2) is 0 Å². The van der Waals surface area contributed by atoms with Crippen molar-refractivity contribution in [2.45, 2.75) is 0 Å². The average molecular weight is 98.2 g/mol. The molecule has 6 heavy (non-hydrogen) atoms. The minimum atomic E-state index is 1.47. The quantitative estimate of drug-likeness (QED) is 0.477. The molecule has 0 rings (SSSR count). The van der Waals surface area contributed by atoms with Crippen molar-refractivity contribution < 1.29 is 0 Å².